The third kappa shape index (κ3) is 5.07. The second-order valence-electron chi connectivity index (χ2n) is 9.09. The maximum absolute atomic E-state index is 14.4. The number of morpholine rings is 1. The van der Waals surface area contributed by atoms with Gasteiger partial charge in [0.05, 0.1) is 36.8 Å². The number of aromatic nitrogens is 3. The molecule has 9 heteroatoms. The van der Waals surface area contributed by atoms with Gasteiger partial charge in [0, 0.05) is 43.0 Å². The molecule has 0 amide bonds. The van der Waals surface area contributed by atoms with E-state index in [0.717, 1.165) is 67.7 Å². The zero-order valence-electron chi connectivity index (χ0n) is 19.7. The van der Waals surface area contributed by atoms with E-state index in [4.69, 9.17) is 9.47 Å². The summed E-state index contributed by atoms with van der Waals surface area (Å²) < 4.78 is 26.0. The number of anilines is 4. The number of ether oxygens (including phenoxy) is 2. The van der Waals surface area contributed by atoms with Gasteiger partial charge in [0.15, 0.2) is 11.6 Å². The molecule has 36 heavy (non-hydrogen) atoms. The van der Waals surface area contributed by atoms with E-state index in [0.29, 0.717) is 11.7 Å². The van der Waals surface area contributed by atoms with Crippen LogP contribution in [0.5, 0.6) is 5.75 Å². The molecule has 8 nitrogen and oxygen atoms in total. The van der Waals surface area contributed by atoms with Gasteiger partial charge < -0.3 is 20.1 Å². The fourth-order valence-corrected chi connectivity index (χ4v) is 4.60. The number of nitrogens with one attached hydrogen (secondary N) is 2. The number of hydrogen-bond acceptors (Lipinski definition) is 8. The Morgan fingerprint density at radius 2 is 1.72 bits per heavy atom. The van der Waals surface area contributed by atoms with Gasteiger partial charge in [0.1, 0.15) is 11.9 Å². The van der Waals surface area contributed by atoms with Gasteiger partial charge in [-0.05, 0) is 36.4 Å². The molecule has 0 spiro atoms. The summed E-state index contributed by atoms with van der Waals surface area (Å²) in [6.45, 7) is 3.68. The zero-order chi connectivity index (χ0) is 24.3. The van der Waals surface area contributed by atoms with E-state index in [2.05, 4.69) is 30.5 Å². The number of fused-ring (bicyclic) bond motifs is 1. The SMILES string of the molecule is Fc1cnc(Nc2ccc(OC3CC(N4CCOCC4)C3)cc2)nc1Nc1cnc2ccccc2c1. The normalized spacial score (nSPS) is 20.0. The van der Waals surface area contributed by atoms with Gasteiger partial charge in [-0.15, -0.1) is 0 Å². The quantitative estimate of drug-likeness (QED) is 0.382. The average Bonchev–Trinajstić information content (AvgIpc) is 2.89. The largest absolute Gasteiger partial charge is 0.490 e. The van der Waals surface area contributed by atoms with Crippen LogP contribution in [-0.4, -0.2) is 58.3 Å². The van der Waals surface area contributed by atoms with Crippen LogP contribution in [0.15, 0.2) is 67.0 Å². The van der Waals surface area contributed by atoms with Crippen LogP contribution in [0.3, 0.4) is 0 Å². The molecule has 1 aliphatic heterocycles. The molecule has 1 saturated carbocycles. The molecule has 1 aliphatic carbocycles. The van der Waals surface area contributed by atoms with Gasteiger partial charge in [-0.2, -0.15) is 4.98 Å². The van der Waals surface area contributed by atoms with E-state index >= 15 is 0 Å². The molecule has 2 fully saturated rings. The van der Waals surface area contributed by atoms with Crippen LogP contribution in [0.2, 0.25) is 0 Å². The summed E-state index contributed by atoms with van der Waals surface area (Å²) in [5.41, 5.74) is 2.30. The highest BCUT2D eigenvalue weighted by molar-refractivity contribution is 5.82. The van der Waals surface area contributed by atoms with Gasteiger partial charge in [-0.3, -0.25) is 9.88 Å². The minimum atomic E-state index is -0.548. The van der Waals surface area contributed by atoms with Crippen molar-refractivity contribution in [3.05, 3.63) is 72.8 Å². The van der Waals surface area contributed by atoms with Gasteiger partial charge in [0.25, 0.3) is 0 Å². The highest BCUT2D eigenvalue weighted by Gasteiger charge is 2.35. The molecule has 2 aliphatic rings. The number of pyridine rings is 1. The second kappa shape index (κ2) is 10.0. The van der Waals surface area contributed by atoms with Crippen LogP contribution in [-0.2, 0) is 4.74 Å². The Bertz CT molecular complexity index is 1340. The lowest BCUT2D eigenvalue weighted by atomic mass is 9.87. The average molecular weight is 487 g/mol. The van der Waals surface area contributed by atoms with Crippen LogP contribution in [0.4, 0.5) is 27.5 Å². The lowest BCUT2D eigenvalue weighted by Crippen LogP contribution is -2.52. The lowest BCUT2D eigenvalue weighted by Gasteiger charge is -2.44. The molecule has 3 heterocycles. The molecular weight excluding hydrogens is 459 g/mol. The van der Waals surface area contributed by atoms with Gasteiger partial charge in [0.2, 0.25) is 5.95 Å². The number of halogens is 1. The third-order valence-corrected chi connectivity index (χ3v) is 6.64. The standard InChI is InChI=1S/C27H27FN6O2/c28-24-17-30-27(33-26(24)31-20-13-18-3-1-2-4-25(18)29-16-20)32-19-5-7-22(8-6-19)36-23-14-21(15-23)34-9-11-35-12-10-34/h1-8,13,16-17,21,23H,9-12,14-15H2,(H2,30,31,32,33). The predicted octanol–water partition coefficient (Wildman–Crippen LogP) is 4.89. The number of para-hydroxylation sites is 1. The van der Waals surface area contributed by atoms with Crippen molar-refractivity contribution in [2.45, 2.75) is 25.0 Å². The van der Waals surface area contributed by atoms with E-state index in [1.165, 1.54) is 0 Å². The van der Waals surface area contributed by atoms with E-state index < -0.39 is 5.82 Å². The van der Waals surface area contributed by atoms with E-state index in [9.17, 15) is 4.39 Å². The molecule has 0 radical (unpaired) electrons. The summed E-state index contributed by atoms with van der Waals surface area (Å²) in [6, 6.07) is 17.9. The number of benzene rings is 2. The van der Waals surface area contributed by atoms with Crippen molar-refractivity contribution in [2.75, 3.05) is 36.9 Å². The van der Waals surface area contributed by atoms with Crippen molar-refractivity contribution in [1.82, 2.24) is 19.9 Å². The fraction of sp³-hybridized carbons (Fsp3) is 0.296. The van der Waals surface area contributed by atoms with Gasteiger partial charge in [-0.25, -0.2) is 9.37 Å². The summed E-state index contributed by atoms with van der Waals surface area (Å²) in [5, 5.41) is 7.08. The molecule has 1 saturated heterocycles. The van der Waals surface area contributed by atoms with E-state index in [-0.39, 0.29) is 17.9 Å². The first kappa shape index (κ1) is 22.6. The maximum Gasteiger partial charge on any atom is 0.229 e. The van der Waals surface area contributed by atoms with Crippen LogP contribution in [0, 0.1) is 5.82 Å². The smallest absolute Gasteiger partial charge is 0.229 e. The molecule has 2 aromatic carbocycles. The molecule has 6 rings (SSSR count). The highest BCUT2D eigenvalue weighted by atomic mass is 19.1. The first-order chi connectivity index (χ1) is 17.7. The van der Waals surface area contributed by atoms with Crippen molar-refractivity contribution in [1.29, 1.82) is 0 Å². The molecular formula is C27H27FN6O2. The number of nitrogens with zero attached hydrogens (tertiary/aromatic N) is 4. The minimum absolute atomic E-state index is 0.0735. The summed E-state index contributed by atoms with van der Waals surface area (Å²) in [5.74, 6) is 0.642. The summed E-state index contributed by atoms with van der Waals surface area (Å²) in [4.78, 5) is 15.3. The third-order valence-electron chi connectivity index (χ3n) is 6.64. The Morgan fingerprint density at radius 1 is 0.917 bits per heavy atom. The monoisotopic (exact) mass is 486 g/mol. The molecule has 0 bridgehead atoms. The molecule has 0 unspecified atom stereocenters. The van der Waals surface area contributed by atoms with Crippen molar-refractivity contribution >= 4 is 34.0 Å². The minimum Gasteiger partial charge on any atom is -0.490 e. The molecule has 184 valence electrons. The summed E-state index contributed by atoms with van der Waals surface area (Å²) in [6.07, 6.45) is 5.14. The molecule has 2 N–H and O–H groups in total. The van der Waals surface area contributed by atoms with E-state index in [1.54, 1.807) is 6.20 Å². The molecule has 0 atom stereocenters. The lowest BCUT2D eigenvalue weighted by molar-refractivity contribution is -0.0373. The highest BCUT2D eigenvalue weighted by Crippen LogP contribution is 2.31. The van der Waals surface area contributed by atoms with Crippen LogP contribution >= 0.6 is 0 Å². The fourth-order valence-electron chi connectivity index (χ4n) is 4.60. The Hall–Kier alpha value is -3.82. The Kier molecular flexibility index (Phi) is 6.31. The Balaban J connectivity index is 1.06. The first-order valence-corrected chi connectivity index (χ1v) is 12.2. The Morgan fingerprint density at radius 3 is 2.56 bits per heavy atom. The van der Waals surface area contributed by atoms with Crippen molar-refractivity contribution in [3.63, 3.8) is 0 Å². The van der Waals surface area contributed by atoms with Gasteiger partial charge in [-0.1, -0.05) is 18.2 Å². The topological polar surface area (TPSA) is 84.4 Å². The second-order valence-corrected chi connectivity index (χ2v) is 9.09. The van der Waals surface area contributed by atoms with E-state index in [1.807, 2.05) is 54.6 Å². The van der Waals surface area contributed by atoms with Crippen LogP contribution in [0.25, 0.3) is 10.9 Å². The number of rotatable bonds is 7. The van der Waals surface area contributed by atoms with Gasteiger partial charge >= 0.3 is 0 Å². The predicted molar refractivity (Wildman–Crippen MR) is 137 cm³/mol. The van der Waals surface area contributed by atoms with Crippen molar-refractivity contribution in [3.8, 4) is 5.75 Å². The molecule has 4 aromatic rings. The Labute approximate surface area is 208 Å². The maximum atomic E-state index is 14.4. The zero-order valence-corrected chi connectivity index (χ0v) is 19.7. The van der Waals surface area contributed by atoms with Crippen LogP contribution in [0.1, 0.15) is 12.8 Å². The summed E-state index contributed by atoms with van der Waals surface area (Å²) >= 11 is 0. The van der Waals surface area contributed by atoms with Crippen molar-refractivity contribution in [2.24, 2.45) is 0 Å². The van der Waals surface area contributed by atoms with Crippen molar-refractivity contribution < 1.29 is 13.9 Å². The van der Waals surface area contributed by atoms with Crippen LogP contribution < -0.4 is 15.4 Å². The first-order valence-electron chi connectivity index (χ1n) is 12.2. The molecule has 2 aromatic heterocycles. The number of hydrogen-bond donors (Lipinski definition) is 2. The summed E-state index contributed by atoms with van der Waals surface area (Å²) in [7, 11) is 0.